The third-order valence-electron chi connectivity index (χ3n) is 2.82. The number of para-hydroxylation sites is 1. The fourth-order valence-electron chi connectivity index (χ4n) is 2.03. The number of nitrogens with two attached hydrogens (primary N) is 1. The minimum Gasteiger partial charge on any atom is -0.490 e. The fraction of sp³-hybridized carbons (Fsp3) is 0.250. The van der Waals surface area contributed by atoms with Crippen molar-refractivity contribution in [3.05, 3.63) is 53.6 Å². The second kappa shape index (κ2) is 6.14. The number of hydrogen-bond donors (Lipinski definition) is 1. The van der Waals surface area contributed by atoms with E-state index in [-0.39, 0.29) is 0 Å². The van der Waals surface area contributed by atoms with Gasteiger partial charge < -0.3 is 15.2 Å². The molecular weight excluding hydrogens is 238 g/mol. The summed E-state index contributed by atoms with van der Waals surface area (Å²) in [5.41, 5.74) is 8.65. The van der Waals surface area contributed by atoms with Crippen LogP contribution in [-0.2, 0) is 0 Å². The number of benzene rings is 2. The Kier molecular flexibility index (Phi) is 4.29. The average molecular weight is 257 g/mol. The minimum atomic E-state index is 0.514. The lowest BCUT2D eigenvalue weighted by molar-refractivity contribution is 0.215. The predicted molar refractivity (Wildman–Crippen MR) is 77.8 cm³/mol. The summed E-state index contributed by atoms with van der Waals surface area (Å²) in [6.07, 6.45) is 0. The van der Waals surface area contributed by atoms with Gasteiger partial charge in [0.15, 0.2) is 0 Å². The molecule has 2 aromatic rings. The monoisotopic (exact) mass is 257 g/mol. The van der Waals surface area contributed by atoms with Crippen LogP contribution in [0.3, 0.4) is 0 Å². The summed E-state index contributed by atoms with van der Waals surface area (Å²) in [5, 5.41) is 0. The molecule has 2 N–H and O–H groups in total. The summed E-state index contributed by atoms with van der Waals surface area (Å²) < 4.78 is 11.3. The zero-order valence-electron chi connectivity index (χ0n) is 11.3. The number of nitrogen functional groups attached to an aromatic ring is 1. The molecular formula is C16H19NO2. The lowest BCUT2D eigenvalue weighted by Crippen LogP contribution is -2.10. The maximum Gasteiger partial charge on any atom is 0.125 e. The van der Waals surface area contributed by atoms with Crippen LogP contribution in [0.2, 0.25) is 0 Å². The zero-order valence-corrected chi connectivity index (χ0v) is 11.3. The minimum absolute atomic E-state index is 0.514. The van der Waals surface area contributed by atoms with E-state index in [0.29, 0.717) is 13.2 Å². The molecule has 100 valence electrons. The van der Waals surface area contributed by atoms with Crippen molar-refractivity contribution in [2.75, 3.05) is 18.9 Å². The smallest absolute Gasteiger partial charge is 0.125 e. The van der Waals surface area contributed by atoms with E-state index in [1.165, 1.54) is 0 Å². The van der Waals surface area contributed by atoms with Crippen molar-refractivity contribution in [3.8, 4) is 11.5 Å². The molecule has 2 rings (SSSR count). The van der Waals surface area contributed by atoms with Crippen LogP contribution in [-0.4, -0.2) is 13.2 Å². The Bertz CT molecular complexity index is 515. The molecule has 0 unspecified atom stereocenters. The highest BCUT2D eigenvalue weighted by molar-refractivity contribution is 5.52. The second-order valence-electron chi connectivity index (χ2n) is 4.49. The summed E-state index contributed by atoms with van der Waals surface area (Å²) in [4.78, 5) is 0. The Labute approximate surface area is 114 Å². The van der Waals surface area contributed by atoms with Crippen LogP contribution in [0.5, 0.6) is 11.5 Å². The van der Waals surface area contributed by atoms with E-state index >= 15 is 0 Å². The summed E-state index contributed by atoms with van der Waals surface area (Å²) >= 11 is 0. The van der Waals surface area contributed by atoms with Crippen molar-refractivity contribution in [2.45, 2.75) is 13.8 Å². The first kappa shape index (κ1) is 13.3. The number of hydrogen-bond acceptors (Lipinski definition) is 3. The number of ether oxygens (including phenoxy) is 2. The third kappa shape index (κ3) is 3.65. The molecule has 0 aliphatic carbocycles. The second-order valence-corrected chi connectivity index (χ2v) is 4.49. The van der Waals surface area contributed by atoms with E-state index in [1.807, 2.05) is 56.3 Å². The van der Waals surface area contributed by atoms with Gasteiger partial charge in [0, 0.05) is 5.69 Å². The van der Waals surface area contributed by atoms with Gasteiger partial charge in [0.2, 0.25) is 0 Å². The van der Waals surface area contributed by atoms with Crippen molar-refractivity contribution < 1.29 is 9.47 Å². The van der Waals surface area contributed by atoms with Gasteiger partial charge in [-0.05, 0) is 49.2 Å². The number of rotatable bonds is 5. The first-order chi connectivity index (χ1) is 9.16. The molecule has 0 aliphatic heterocycles. The van der Waals surface area contributed by atoms with Crippen LogP contribution in [0.25, 0.3) is 0 Å². The average Bonchev–Trinajstić information content (AvgIpc) is 2.38. The molecule has 3 nitrogen and oxygen atoms in total. The molecule has 0 heterocycles. The van der Waals surface area contributed by atoms with Gasteiger partial charge in [-0.3, -0.25) is 0 Å². The van der Waals surface area contributed by atoms with Gasteiger partial charge in [0.1, 0.15) is 24.7 Å². The first-order valence-corrected chi connectivity index (χ1v) is 6.34. The topological polar surface area (TPSA) is 44.5 Å². The summed E-state index contributed by atoms with van der Waals surface area (Å²) in [5.74, 6) is 1.75. The number of anilines is 1. The maximum atomic E-state index is 5.78. The van der Waals surface area contributed by atoms with Crippen LogP contribution in [0.1, 0.15) is 11.1 Å². The van der Waals surface area contributed by atoms with Crippen LogP contribution >= 0.6 is 0 Å². The van der Waals surface area contributed by atoms with Gasteiger partial charge in [-0.25, -0.2) is 0 Å². The summed E-state index contributed by atoms with van der Waals surface area (Å²) in [6.45, 7) is 5.03. The van der Waals surface area contributed by atoms with Crippen molar-refractivity contribution in [1.29, 1.82) is 0 Å². The highest BCUT2D eigenvalue weighted by Gasteiger charge is 2.05. The largest absolute Gasteiger partial charge is 0.490 e. The van der Waals surface area contributed by atoms with E-state index in [0.717, 1.165) is 28.3 Å². The van der Waals surface area contributed by atoms with Crippen LogP contribution in [0.4, 0.5) is 5.69 Å². The Hall–Kier alpha value is -2.16. The molecule has 0 aromatic heterocycles. The van der Waals surface area contributed by atoms with Crippen LogP contribution in [0.15, 0.2) is 42.5 Å². The van der Waals surface area contributed by atoms with E-state index in [1.54, 1.807) is 0 Å². The number of aryl methyl sites for hydroxylation is 2. The molecule has 0 fully saturated rings. The van der Waals surface area contributed by atoms with Gasteiger partial charge in [-0.2, -0.15) is 0 Å². The third-order valence-corrected chi connectivity index (χ3v) is 2.82. The molecule has 2 aromatic carbocycles. The fourth-order valence-corrected chi connectivity index (χ4v) is 2.03. The maximum absolute atomic E-state index is 5.78. The van der Waals surface area contributed by atoms with Crippen molar-refractivity contribution >= 4 is 5.69 Å². The van der Waals surface area contributed by atoms with Gasteiger partial charge in [0.25, 0.3) is 0 Å². The van der Waals surface area contributed by atoms with E-state index in [9.17, 15) is 0 Å². The SMILES string of the molecule is Cc1cc(N)cc(C)c1OCCOc1ccccc1. The van der Waals surface area contributed by atoms with Gasteiger partial charge in [-0.1, -0.05) is 18.2 Å². The van der Waals surface area contributed by atoms with Gasteiger partial charge in [0.05, 0.1) is 0 Å². The van der Waals surface area contributed by atoms with Gasteiger partial charge in [-0.15, -0.1) is 0 Å². The van der Waals surface area contributed by atoms with Crippen molar-refractivity contribution in [1.82, 2.24) is 0 Å². The molecule has 0 saturated carbocycles. The van der Waals surface area contributed by atoms with E-state index in [2.05, 4.69) is 0 Å². The molecule has 3 heteroatoms. The highest BCUT2D eigenvalue weighted by Crippen LogP contribution is 2.25. The normalized spacial score (nSPS) is 10.2. The summed E-state index contributed by atoms with van der Waals surface area (Å²) in [6, 6.07) is 13.6. The van der Waals surface area contributed by atoms with Crippen molar-refractivity contribution in [3.63, 3.8) is 0 Å². The molecule has 0 atom stereocenters. The molecule has 0 saturated heterocycles. The molecule has 0 radical (unpaired) electrons. The lowest BCUT2D eigenvalue weighted by atomic mass is 10.1. The Balaban J connectivity index is 1.86. The Morgan fingerprint density at radius 1 is 0.895 bits per heavy atom. The zero-order chi connectivity index (χ0) is 13.7. The van der Waals surface area contributed by atoms with E-state index < -0.39 is 0 Å². The molecule has 0 spiro atoms. The molecule has 19 heavy (non-hydrogen) atoms. The molecule has 0 amide bonds. The predicted octanol–water partition coefficient (Wildman–Crippen LogP) is 3.34. The van der Waals surface area contributed by atoms with E-state index in [4.69, 9.17) is 15.2 Å². The summed E-state index contributed by atoms with van der Waals surface area (Å²) in [7, 11) is 0. The Morgan fingerprint density at radius 3 is 2.11 bits per heavy atom. The van der Waals surface area contributed by atoms with Crippen LogP contribution in [0, 0.1) is 13.8 Å². The lowest BCUT2D eigenvalue weighted by Gasteiger charge is -2.13. The van der Waals surface area contributed by atoms with Crippen molar-refractivity contribution in [2.24, 2.45) is 0 Å². The quantitative estimate of drug-likeness (QED) is 0.660. The standard InChI is InChI=1S/C16H19NO2/c1-12-10-14(17)11-13(2)16(12)19-9-8-18-15-6-4-3-5-7-15/h3-7,10-11H,8-9,17H2,1-2H3. The molecule has 0 bridgehead atoms. The first-order valence-electron chi connectivity index (χ1n) is 6.34. The van der Waals surface area contributed by atoms with Crippen LogP contribution < -0.4 is 15.2 Å². The highest BCUT2D eigenvalue weighted by atomic mass is 16.5. The van der Waals surface area contributed by atoms with Gasteiger partial charge >= 0.3 is 0 Å². The molecule has 0 aliphatic rings. The Morgan fingerprint density at radius 2 is 1.47 bits per heavy atom.